The third-order valence-electron chi connectivity index (χ3n) is 3.84. The molecule has 6 nitrogen and oxygen atoms in total. The maximum absolute atomic E-state index is 12.4. The minimum Gasteiger partial charge on any atom is -0.494 e. The van der Waals surface area contributed by atoms with Gasteiger partial charge in [-0.15, -0.1) is 0 Å². The van der Waals surface area contributed by atoms with Crippen LogP contribution in [0.25, 0.3) is 11.0 Å². The van der Waals surface area contributed by atoms with Gasteiger partial charge >= 0.3 is 0 Å². The highest BCUT2D eigenvalue weighted by Crippen LogP contribution is 2.28. The van der Waals surface area contributed by atoms with E-state index in [2.05, 4.69) is 27.2 Å². The van der Waals surface area contributed by atoms with Crippen LogP contribution in [0.3, 0.4) is 0 Å². The van der Waals surface area contributed by atoms with Gasteiger partial charge in [0.15, 0.2) is 0 Å². The molecule has 3 rings (SSSR count). The summed E-state index contributed by atoms with van der Waals surface area (Å²) < 4.78 is 5.39. The molecular formula is C18H19ClN4O2. The largest absolute Gasteiger partial charge is 0.494 e. The fourth-order valence-electron chi connectivity index (χ4n) is 2.68. The summed E-state index contributed by atoms with van der Waals surface area (Å²) in [7, 11) is 1.62. The van der Waals surface area contributed by atoms with E-state index < -0.39 is 0 Å². The Labute approximate surface area is 150 Å². The lowest BCUT2D eigenvalue weighted by Gasteiger charge is -2.08. The van der Waals surface area contributed by atoms with Gasteiger partial charge < -0.3 is 15.0 Å². The topological polar surface area (TPSA) is 79.9 Å². The molecule has 2 heterocycles. The molecule has 0 bridgehead atoms. The number of aromatic nitrogens is 3. The van der Waals surface area contributed by atoms with Crippen molar-refractivity contribution < 1.29 is 9.53 Å². The molecule has 0 fully saturated rings. The van der Waals surface area contributed by atoms with Crippen molar-refractivity contribution >= 4 is 34.2 Å². The summed E-state index contributed by atoms with van der Waals surface area (Å²) in [5.41, 5.74) is 2.95. The molecule has 1 aromatic carbocycles. The van der Waals surface area contributed by atoms with Crippen LogP contribution < -0.4 is 10.1 Å². The minimum atomic E-state index is -0.167. The lowest BCUT2D eigenvalue weighted by Crippen LogP contribution is -2.15. The number of nitrogens with zero attached hydrogens (tertiary/aromatic N) is 2. The Morgan fingerprint density at radius 3 is 2.92 bits per heavy atom. The van der Waals surface area contributed by atoms with Crippen molar-refractivity contribution in [1.82, 2.24) is 15.0 Å². The van der Waals surface area contributed by atoms with Crippen LogP contribution in [0.15, 0.2) is 30.6 Å². The third kappa shape index (κ3) is 3.74. The van der Waals surface area contributed by atoms with Crippen LogP contribution in [0.1, 0.15) is 24.7 Å². The average molecular weight is 359 g/mol. The molecule has 0 aliphatic rings. The Hall–Kier alpha value is -2.60. The molecule has 0 spiro atoms. The molecule has 3 aromatic rings. The van der Waals surface area contributed by atoms with E-state index in [1.165, 1.54) is 6.20 Å². The zero-order valence-corrected chi connectivity index (χ0v) is 14.9. The van der Waals surface area contributed by atoms with Crippen LogP contribution in [0.5, 0.6) is 5.75 Å². The number of amides is 1. The van der Waals surface area contributed by atoms with Gasteiger partial charge in [-0.1, -0.05) is 24.6 Å². The molecule has 2 aromatic heterocycles. The molecule has 0 aliphatic heterocycles. The van der Waals surface area contributed by atoms with E-state index in [0.717, 1.165) is 35.3 Å². The zero-order valence-electron chi connectivity index (χ0n) is 14.1. The number of ether oxygens (including phenoxy) is 1. The second-order valence-electron chi connectivity index (χ2n) is 5.66. The first kappa shape index (κ1) is 17.2. The number of aromatic amines is 1. The van der Waals surface area contributed by atoms with Crippen LogP contribution >= 0.6 is 11.6 Å². The van der Waals surface area contributed by atoms with Crippen LogP contribution in [-0.2, 0) is 17.6 Å². The Morgan fingerprint density at radius 2 is 2.20 bits per heavy atom. The fourth-order valence-corrected chi connectivity index (χ4v) is 2.85. The molecule has 1 amide bonds. The van der Waals surface area contributed by atoms with Gasteiger partial charge in [0.2, 0.25) is 5.91 Å². The number of anilines is 1. The highest BCUT2D eigenvalue weighted by Gasteiger charge is 2.15. The smallest absolute Gasteiger partial charge is 0.228 e. The molecule has 2 N–H and O–H groups in total. The van der Waals surface area contributed by atoms with E-state index in [1.807, 2.05) is 12.1 Å². The number of imidazole rings is 1. The summed E-state index contributed by atoms with van der Waals surface area (Å²) in [4.78, 5) is 24.2. The average Bonchev–Trinajstić information content (AvgIpc) is 3.02. The van der Waals surface area contributed by atoms with E-state index in [-0.39, 0.29) is 12.3 Å². The van der Waals surface area contributed by atoms with E-state index >= 15 is 0 Å². The van der Waals surface area contributed by atoms with Gasteiger partial charge in [0.1, 0.15) is 17.1 Å². The molecule has 0 unspecified atom stereocenters. The van der Waals surface area contributed by atoms with Crippen molar-refractivity contribution in [2.75, 3.05) is 12.4 Å². The summed E-state index contributed by atoms with van der Waals surface area (Å²) in [6.45, 7) is 2.09. The van der Waals surface area contributed by atoms with E-state index in [4.69, 9.17) is 16.3 Å². The number of halogens is 1. The van der Waals surface area contributed by atoms with Gasteiger partial charge in [-0.2, -0.15) is 0 Å². The number of rotatable bonds is 6. The van der Waals surface area contributed by atoms with Crippen LogP contribution in [0.2, 0.25) is 5.02 Å². The van der Waals surface area contributed by atoms with Gasteiger partial charge in [0.25, 0.3) is 0 Å². The molecule has 0 saturated heterocycles. The number of nitrogens with one attached hydrogen (secondary N) is 2. The number of aryl methyl sites for hydroxylation is 1. The number of fused-ring (bicyclic) bond motifs is 1. The first-order valence-electron chi connectivity index (χ1n) is 8.06. The van der Waals surface area contributed by atoms with Gasteiger partial charge in [0.05, 0.1) is 29.8 Å². The van der Waals surface area contributed by atoms with Crippen molar-refractivity contribution in [2.45, 2.75) is 26.2 Å². The molecule has 7 heteroatoms. The highest BCUT2D eigenvalue weighted by atomic mass is 35.5. The summed E-state index contributed by atoms with van der Waals surface area (Å²) in [6.07, 6.45) is 5.09. The number of H-pyrrole nitrogens is 1. The lowest BCUT2D eigenvalue weighted by molar-refractivity contribution is -0.115. The minimum absolute atomic E-state index is 0.167. The Bertz CT molecular complexity index is 907. The molecule has 0 aliphatic carbocycles. The van der Waals surface area contributed by atoms with Crippen molar-refractivity contribution in [3.63, 3.8) is 0 Å². The summed E-state index contributed by atoms with van der Waals surface area (Å²) in [5, 5.41) is 3.21. The number of methoxy groups -OCH3 is 1. The number of hydrogen-bond donors (Lipinski definition) is 2. The molecule has 0 radical (unpaired) electrons. The summed E-state index contributed by atoms with van der Waals surface area (Å²) in [5.74, 6) is 1.44. The highest BCUT2D eigenvalue weighted by molar-refractivity contribution is 6.33. The fraction of sp³-hybridized carbons (Fsp3) is 0.278. The van der Waals surface area contributed by atoms with Crippen molar-refractivity contribution in [3.8, 4) is 5.75 Å². The van der Waals surface area contributed by atoms with Crippen molar-refractivity contribution in [1.29, 1.82) is 0 Å². The second kappa shape index (κ2) is 7.53. The van der Waals surface area contributed by atoms with Crippen LogP contribution in [0, 0.1) is 0 Å². The molecule has 130 valence electrons. The normalized spacial score (nSPS) is 10.8. The predicted molar refractivity (Wildman–Crippen MR) is 98.2 cm³/mol. The van der Waals surface area contributed by atoms with Gasteiger partial charge in [-0.25, -0.2) is 4.98 Å². The second-order valence-corrected chi connectivity index (χ2v) is 6.07. The molecule has 0 saturated carbocycles. The molecule has 25 heavy (non-hydrogen) atoms. The summed E-state index contributed by atoms with van der Waals surface area (Å²) >= 11 is 6.03. The first-order chi connectivity index (χ1) is 12.1. The number of benzene rings is 1. The van der Waals surface area contributed by atoms with Crippen LogP contribution in [-0.4, -0.2) is 28.0 Å². The Kier molecular flexibility index (Phi) is 5.19. The van der Waals surface area contributed by atoms with Gasteiger partial charge in [-0.05, 0) is 24.1 Å². The molecule has 0 atom stereocenters. The monoisotopic (exact) mass is 358 g/mol. The van der Waals surface area contributed by atoms with E-state index in [9.17, 15) is 4.79 Å². The van der Waals surface area contributed by atoms with Crippen molar-refractivity contribution in [3.05, 3.63) is 47.0 Å². The maximum Gasteiger partial charge on any atom is 0.228 e. The van der Waals surface area contributed by atoms with Crippen molar-refractivity contribution in [2.24, 2.45) is 0 Å². The predicted octanol–water partition coefficient (Wildman–Crippen LogP) is 3.75. The standard InChI is InChI=1S/C18H19ClN4O2/c1-3-4-15-22-17-11(5-6-14(25-2)18(17)23-15)9-16(24)21-13-7-8-20-10-12(13)19/h5-8,10H,3-4,9H2,1-2H3,(H,22,23)(H,20,21,24). The van der Waals surface area contributed by atoms with Gasteiger partial charge in [-0.3, -0.25) is 9.78 Å². The number of pyridine rings is 1. The van der Waals surface area contributed by atoms with E-state index in [0.29, 0.717) is 16.5 Å². The van der Waals surface area contributed by atoms with Gasteiger partial charge in [0, 0.05) is 18.8 Å². The first-order valence-corrected chi connectivity index (χ1v) is 8.44. The number of carbonyl (C=O) groups is 1. The maximum atomic E-state index is 12.4. The number of hydrogen-bond acceptors (Lipinski definition) is 4. The Morgan fingerprint density at radius 1 is 1.36 bits per heavy atom. The molecular weight excluding hydrogens is 340 g/mol. The quantitative estimate of drug-likeness (QED) is 0.703. The zero-order chi connectivity index (χ0) is 17.8. The lowest BCUT2D eigenvalue weighted by atomic mass is 10.1. The summed E-state index contributed by atoms with van der Waals surface area (Å²) in [6, 6.07) is 5.38. The number of carbonyl (C=O) groups excluding carboxylic acids is 1. The third-order valence-corrected chi connectivity index (χ3v) is 4.14. The SMILES string of the molecule is CCCc1nc2c(CC(=O)Nc3ccncc3Cl)ccc(OC)c2[nH]1. The van der Waals surface area contributed by atoms with E-state index in [1.54, 1.807) is 19.4 Å². The Balaban J connectivity index is 1.88. The van der Waals surface area contributed by atoms with Crippen LogP contribution in [0.4, 0.5) is 5.69 Å².